The summed E-state index contributed by atoms with van der Waals surface area (Å²) in [4.78, 5) is 2.54. The lowest BCUT2D eigenvalue weighted by Crippen LogP contribution is -2.36. The molecule has 0 heterocycles. The quantitative estimate of drug-likeness (QED) is 0.640. The summed E-state index contributed by atoms with van der Waals surface area (Å²) in [6, 6.07) is 0.933. The number of unbranched alkanes of at least 4 members (excludes halogenated alkanes) is 3. The molecule has 0 amide bonds. The van der Waals surface area contributed by atoms with Gasteiger partial charge in [-0.25, -0.2) is 0 Å². The van der Waals surface area contributed by atoms with Crippen molar-refractivity contribution in [1.82, 2.24) is 10.2 Å². The van der Waals surface area contributed by atoms with Crippen LogP contribution in [0.15, 0.2) is 0 Å². The third-order valence-corrected chi connectivity index (χ3v) is 3.26. The molecule has 0 aliphatic heterocycles. The first-order valence-electron chi connectivity index (χ1n) is 6.94. The minimum Gasteiger partial charge on any atom is -0.312 e. The molecule has 1 aliphatic rings. The number of hydrogen-bond donors (Lipinski definition) is 1. The summed E-state index contributed by atoms with van der Waals surface area (Å²) in [5.41, 5.74) is 0.284. The predicted octanol–water partition coefficient (Wildman–Crippen LogP) is 3.03. The Labute approximate surface area is 102 Å². The minimum absolute atomic E-state index is 0.284. The molecular formula is C14H30N2. The van der Waals surface area contributed by atoms with Crippen molar-refractivity contribution in [3.8, 4) is 0 Å². The van der Waals surface area contributed by atoms with Gasteiger partial charge in [-0.05, 0) is 66.6 Å². The van der Waals surface area contributed by atoms with Gasteiger partial charge in [0.25, 0.3) is 0 Å². The van der Waals surface area contributed by atoms with Gasteiger partial charge in [0, 0.05) is 11.6 Å². The lowest BCUT2D eigenvalue weighted by atomic mass is 10.1. The highest BCUT2D eigenvalue weighted by Gasteiger charge is 2.25. The zero-order valence-corrected chi connectivity index (χ0v) is 11.7. The highest BCUT2D eigenvalue weighted by Crippen LogP contribution is 2.25. The monoisotopic (exact) mass is 226 g/mol. The summed E-state index contributed by atoms with van der Waals surface area (Å²) in [5.74, 6) is 0. The fourth-order valence-electron chi connectivity index (χ4n) is 2.00. The van der Waals surface area contributed by atoms with Crippen molar-refractivity contribution < 1.29 is 0 Å². The summed E-state index contributed by atoms with van der Waals surface area (Å²) in [7, 11) is 2.28. The second-order valence-electron chi connectivity index (χ2n) is 6.30. The molecule has 1 aliphatic carbocycles. The molecule has 0 aromatic heterocycles. The first-order valence-corrected chi connectivity index (χ1v) is 6.94. The van der Waals surface area contributed by atoms with Gasteiger partial charge in [0.1, 0.15) is 0 Å². The van der Waals surface area contributed by atoms with E-state index in [0.717, 1.165) is 6.04 Å². The van der Waals surface area contributed by atoms with Gasteiger partial charge in [0.05, 0.1) is 0 Å². The second kappa shape index (κ2) is 6.61. The van der Waals surface area contributed by atoms with Gasteiger partial charge in [-0.2, -0.15) is 0 Å². The average Bonchev–Trinajstić information content (AvgIpc) is 2.97. The van der Waals surface area contributed by atoms with Gasteiger partial charge < -0.3 is 10.2 Å². The van der Waals surface area contributed by atoms with Gasteiger partial charge in [0.2, 0.25) is 0 Å². The molecule has 1 rings (SSSR count). The largest absolute Gasteiger partial charge is 0.312 e. The van der Waals surface area contributed by atoms with Crippen molar-refractivity contribution in [3.63, 3.8) is 0 Å². The topological polar surface area (TPSA) is 15.3 Å². The van der Waals surface area contributed by atoms with E-state index in [0.29, 0.717) is 0 Å². The lowest BCUT2D eigenvalue weighted by molar-refractivity contribution is 0.313. The van der Waals surface area contributed by atoms with E-state index in [1.54, 1.807) is 0 Å². The van der Waals surface area contributed by atoms with E-state index in [4.69, 9.17) is 0 Å². The zero-order valence-electron chi connectivity index (χ0n) is 11.7. The Balaban J connectivity index is 1.81. The van der Waals surface area contributed by atoms with Crippen LogP contribution in [0.2, 0.25) is 0 Å². The molecule has 0 bridgehead atoms. The highest BCUT2D eigenvalue weighted by molar-refractivity contribution is 4.82. The molecule has 0 atom stereocenters. The summed E-state index contributed by atoms with van der Waals surface area (Å²) in [6.45, 7) is 9.17. The maximum Gasteiger partial charge on any atom is 0.00965 e. The Morgan fingerprint density at radius 3 is 2.25 bits per heavy atom. The fraction of sp³-hybridized carbons (Fsp3) is 1.00. The first-order chi connectivity index (χ1) is 7.49. The van der Waals surface area contributed by atoms with Crippen LogP contribution in [0.5, 0.6) is 0 Å². The van der Waals surface area contributed by atoms with Crippen LogP contribution in [-0.4, -0.2) is 36.6 Å². The Morgan fingerprint density at radius 1 is 1.06 bits per heavy atom. The molecule has 2 nitrogen and oxygen atoms in total. The molecule has 96 valence electrons. The van der Waals surface area contributed by atoms with Gasteiger partial charge in [-0.1, -0.05) is 12.8 Å². The molecule has 0 aromatic carbocycles. The molecule has 1 N–H and O–H groups in total. The van der Waals surface area contributed by atoms with E-state index in [2.05, 4.69) is 38.0 Å². The van der Waals surface area contributed by atoms with E-state index in [9.17, 15) is 0 Å². The summed E-state index contributed by atoms with van der Waals surface area (Å²) in [5, 5.41) is 3.54. The van der Waals surface area contributed by atoms with Crippen LogP contribution in [-0.2, 0) is 0 Å². The van der Waals surface area contributed by atoms with Crippen LogP contribution in [0.4, 0.5) is 0 Å². The Kier molecular flexibility index (Phi) is 5.77. The Bertz CT molecular complexity index is 180. The maximum absolute atomic E-state index is 3.54. The van der Waals surface area contributed by atoms with Crippen molar-refractivity contribution in [2.75, 3.05) is 20.1 Å². The highest BCUT2D eigenvalue weighted by atomic mass is 15.1. The second-order valence-corrected chi connectivity index (χ2v) is 6.30. The fourth-order valence-corrected chi connectivity index (χ4v) is 2.00. The number of rotatable bonds is 8. The number of hydrogen-bond acceptors (Lipinski definition) is 2. The van der Waals surface area contributed by atoms with Crippen LogP contribution >= 0.6 is 0 Å². The van der Waals surface area contributed by atoms with Crippen LogP contribution in [0.1, 0.15) is 59.3 Å². The third kappa shape index (κ3) is 7.24. The van der Waals surface area contributed by atoms with E-state index >= 15 is 0 Å². The van der Waals surface area contributed by atoms with Crippen molar-refractivity contribution in [2.45, 2.75) is 70.9 Å². The molecule has 1 saturated carbocycles. The molecule has 0 radical (unpaired) electrons. The number of nitrogens with zero attached hydrogens (tertiary/aromatic N) is 1. The van der Waals surface area contributed by atoms with Crippen LogP contribution in [0, 0.1) is 0 Å². The predicted molar refractivity (Wildman–Crippen MR) is 71.9 cm³/mol. The molecule has 0 unspecified atom stereocenters. The van der Waals surface area contributed by atoms with E-state index in [1.807, 2.05) is 0 Å². The normalized spacial score (nSPS) is 17.1. The molecular weight excluding hydrogens is 196 g/mol. The summed E-state index contributed by atoms with van der Waals surface area (Å²) >= 11 is 0. The van der Waals surface area contributed by atoms with Crippen molar-refractivity contribution in [2.24, 2.45) is 0 Å². The van der Waals surface area contributed by atoms with Crippen molar-refractivity contribution in [1.29, 1.82) is 0 Å². The van der Waals surface area contributed by atoms with Gasteiger partial charge in [-0.15, -0.1) is 0 Å². The molecule has 16 heavy (non-hydrogen) atoms. The lowest BCUT2D eigenvalue weighted by Gasteiger charge is -2.20. The molecule has 1 fully saturated rings. The van der Waals surface area contributed by atoms with E-state index < -0.39 is 0 Å². The van der Waals surface area contributed by atoms with Gasteiger partial charge in [-0.3, -0.25) is 0 Å². The Morgan fingerprint density at radius 2 is 1.69 bits per heavy atom. The zero-order chi connectivity index (χ0) is 12.0. The van der Waals surface area contributed by atoms with Crippen LogP contribution < -0.4 is 5.32 Å². The van der Waals surface area contributed by atoms with Gasteiger partial charge >= 0.3 is 0 Å². The smallest absolute Gasteiger partial charge is 0.00965 e. The minimum atomic E-state index is 0.284. The summed E-state index contributed by atoms with van der Waals surface area (Å²) < 4.78 is 0. The van der Waals surface area contributed by atoms with E-state index in [1.165, 1.54) is 51.6 Å². The third-order valence-electron chi connectivity index (χ3n) is 3.26. The van der Waals surface area contributed by atoms with E-state index in [-0.39, 0.29) is 5.54 Å². The van der Waals surface area contributed by atoms with Crippen LogP contribution in [0.25, 0.3) is 0 Å². The molecule has 2 heteroatoms. The van der Waals surface area contributed by atoms with Crippen molar-refractivity contribution >= 4 is 0 Å². The maximum atomic E-state index is 3.54. The standard InChI is InChI=1S/C14H30N2/c1-14(2,3)15-11-7-5-6-8-12-16(4)13-9-10-13/h13,15H,5-12H2,1-4H3. The Hall–Kier alpha value is -0.0800. The first kappa shape index (κ1) is 14.0. The molecule has 0 saturated heterocycles. The molecule has 0 aromatic rings. The van der Waals surface area contributed by atoms with Crippen molar-refractivity contribution in [3.05, 3.63) is 0 Å². The average molecular weight is 226 g/mol. The van der Waals surface area contributed by atoms with Crippen LogP contribution in [0.3, 0.4) is 0 Å². The number of nitrogens with one attached hydrogen (secondary N) is 1. The summed E-state index contributed by atoms with van der Waals surface area (Å²) in [6.07, 6.45) is 8.34. The SMILES string of the molecule is CN(CCCCCCNC(C)(C)C)C1CC1. The molecule has 0 spiro atoms. The van der Waals surface area contributed by atoms with Gasteiger partial charge in [0.15, 0.2) is 0 Å².